The number of tetrazole rings is 1. The highest BCUT2D eigenvalue weighted by Gasteiger charge is 2.31. The van der Waals surface area contributed by atoms with Gasteiger partial charge in [-0.2, -0.15) is 14.8 Å². The van der Waals surface area contributed by atoms with Crippen molar-refractivity contribution in [3.63, 3.8) is 0 Å². The second-order valence-corrected chi connectivity index (χ2v) is 15.8. The van der Waals surface area contributed by atoms with Crippen LogP contribution in [0.4, 0.5) is 11.4 Å². The molecule has 11 nitrogen and oxygen atoms in total. The summed E-state index contributed by atoms with van der Waals surface area (Å²) in [5.41, 5.74) is 4.28. The number of hydrogen-bond donors (Lipinski definition) is 1. The molecule has 1 saturated heterocycles. The van der Waals surface area contributed by atoms with E-state index in [0.717, 1.165) is 55.9 Å². The number of nitrogens with one attached hydrogen (secondary N) is 1. The van der Waals surface area contributed by atoms with E-state index in [4.69, 9.17) is 4.74 Å². The SMILES string of the molecule is CCC(C)(C)c1ccc(OC(CCSc2nnnn2-c2ccccc2)C(=O)Nc2ccc(N3N=C(N4CCCC4)CC3=O)cc2)c(C(C)(C)CC)c1. The summed E-state index contributed by atoms with van der Waals surface area (Å²) < 4.78 is 8.42. The van der Waals surface area contributed by atoms with E-state index in [9.17, 15) is 9.59 Å². The summed E-state index contributed by atoms with van der Waals surface area (Å²) in [6.07, 6.45) is 4.05. The Balaban J connectivity index is 1.23. The molecular formula is C40H50N8O3S. The van der Waals surface area contributed by atoms with Crippen molar-refractivity contribution in [2.24, 2.45) is 5.10 Å². The molecule has 0 radical (unpaired) electrons. The van der Waals surface area contributed by atoms with Crippen molar-refractivity contribution in [1.29, 1.82) is 0 Å². The molecule has 0 spiro atoms. The number of thioether (sulfide) groups is 1. The van der Waals surface area contributed by atoms with E-state index >= 15 is 0 Å². The van der Waals surface area contributed by atoms with Gasteiger partial charge in [-0.15, -0.1) is 5.10 Å². The van der Waals surface area contributed by atoms with Crippen molar-refractivity contribution < 1.29 is 14.3 Å². The van der Waals surface area contributed by atoms with Gasteiger partial charge in [0.1, 0.15) is 11.6 Å². The molecule has 2 aliphatic heterocycles. The molecule has 4 aromatic rings. The number of rotatable bonds is 14. The fourth-order valence-corrected chi connectivity index (χ4v) is 7.18. The monoisotopic (exact) mass is 722 g/mol. The predicted octanol–water partition coefficient (Wildman–Crippen LogP) is 7.75. The van der Waals surface area contributed by atoms with Crippen molar-refractivity contribution in [1.82, 2.24) is 25.1 Å². The van der Waals surface area contributed by atoms with Gasteiger partial charge in [-0.3, -0.25) is 9.59 Å². The number of amides is 2. The molecule has 52 heavy (non-hydrogen) atoms. The lowest BCUT2D eigenvalue weighted by Gasteiger charge is -2.31. The minimum absolute atomic E-state index is 0.000156. The number of carbonyl (C=O) groups is 2. The second kappa shape index (κ2) is 15.9. The predicted molar refractivity (Wildman–Crippen MR) is 207 cm³/mol. The summed E-state index contributed by atoms with van der Waals surface area (Å²) in [6, 6.07) is 23.4. The van der Waals surface area contributed by atoms with E-state index in [2.05, 4.69) is 84.5 Å². The van der Waals surface area contributed by atoms with Crippen LogP contribution in [0.2, 0.25) is 0 Å². The minimum Gasteiger partial charge on any atom is -0.480 e. The van der Waals surface area contributed by atoms with Gasteiger partial charge in [-0.1, -0.05) is 83.6 Å². The van der Waals surface area contributed by atoms with Crippen LogP contribution in [0.3, 0.4) is 0 Å². The Morgan fingerprint density at radius 1 is 0.923 bits per heavy atom. The van der Waals surface area contributed by atoms with Crippen molar-refractivity contribution in [3.8, 4) is 11.4 Å². The van der Waals surface area contributed by atoms with Crippen LogP contribution in [0.25, 0.3) is 5.69 Å². The molecule has 1 atom stereocenters. The van der Waals surface area contributed by atoms with E-state index in [-0.39, 0.29) is 22.6 Å². The highest BCUT2D eigenvalue weighted by molar-refractivity contribution is 7.99. The molecule has 0 aliphatic carbocycles. The second-order valence-electron chi connectivity index (χ2n) is 14.8. The third kappa shape index (κ3) is 8.33. The molecule has 274 valence electrons. The first-order valence-corrected chi connectivity index (χ1v) is 19.3. The number of anilines is 2. The fourth-order valence-electron chi connectivity index (χ4n) is 6.31. The Kier molecular flexibility index (Phi) is 11.3. The lowest BCUT2D eigenvalue weighted by Crippen LogP contribution is -2.34. The first-order valence-electron chi connectivity index (χ1n) is 18.3. The number of benzene rings is 3. The molecule has 1 unspecified atom stereocenters. The fraction of sp³-hybridized carbons (Fsp3) is 0.450. The summed E-state index contributed by atoms with van der Waals surface area (Å²) in [5, 5.41) is 22.1. The quantitative estimate of drug-likeness (QED) is 0.131. The van der Waals surface area contributed by atoms with Crippen molar-refractivity contribution >= 4 is 40.8 Å². The number of aromatic nitrogens is 4. The molecule has 2 aliphatic rings. The molecular weight excluding hydrogens is 673 g/mol. The van der Waals surface area contributed by atoms with Gasteiger partial charge in [0.05, 0.1) is 17.8 Å². The zero-order chi connectivity index (χ0) is 36.9. The largest absolute Gasteiger partial charge is 0.480 e. The Labute approximate surface area is 311 Å². The van der Waals surface area contributed by atoms with Gasteiger partial charge in [0.15, 0.2) is 6.10 Å². The van der Waals surface area contributed by atoms with E-state index in [0.29, 0.717) is 40.9 Å². The van der Waals surface area contributed by atoms with Gasteiger partial charge in [0, 0.05) is 36.5 Å². The van der Waals surface area contributed by atoms with Gasteiger partial charge in [-0.25, -0.2) is 0 Å². The maximum absolute atomic E-state index is 14.1. The van der Waals surface area contributed by atoms with Crippen molar-refractivity contribution in [2.45, 2.75) is 102 Å². The number of likely N-dealkylation sites (tertiary alicyclic amines) is 1. The maximum Gasteiger partial charge on any atom is 0.265 e. The molecule has 0 saturated carbocycles. The summed E-state index contributed by atoms with van der Waals surface area (Å²) in [7, 11) is 0. The van der Waals surface area contributed by atoms with Crippen LogP contribution in [0, 0.1) is 0 Å². The van der Waals surface area contributed by atoms with Gasteiger partial charge in [-0.05, 0) is 95.0 Å². The smallest absolute Gasteiger partial charge is 0.265 e. The summed E-state index contributed by atoms with van der Waals surface area (Å²) in [6.45, 7) is 15.2. The van der Waals surface area contributed by atoms with E-state index in [1.54, 1.807) is 16.8 Å². The number of nitrogens with zero attached hydrogens (tertiary/aromatic N) is 7. The Morgan fingerprint density at radius 2 is 1.63 bits per heavy atom. The summed E-state index contributed by atoms with van der Waals surface area (Å²) >= 11 is 1.47. The van der Waals surface area contributed by atoms with Crippen LogP contribution >= 0.6 is 11.8 Å². The van der Waals surface area contributed by atoms with E-state index in [1.807, 2.05) is 48.5 Å². The summed E-state index contributed by atoms with van der Waals surface area (Å²) in [4.78, 5) is 29.1. The lowest BCUT2D eigenvalue weighted by molar-refractivity contribution is -0.122. The van der Waals surface area contributed by atoms with Crippen LogP contribution in [-0.4, -0.2) is 67.7 Å². The molecule has 1 N–H and O–H groups in total. The van der Waals surface area contributed by atoms with Gasteiger partial charge < -0.3 is 15.0 Å². The Morgan fingerprint density at radius 3 is 2.33 bits per heavy atom. The summed E-state index contributed by atoms with van der Waals surface area (Å²) in [5.74, 6) is 1.75. The molecule has 12 heteroatoms. The highest BCUT2D eigenvalue weighted by atomic mass is 32.2. The van der Waals surface area contributed by atoms with Crippen LogP contribution < -0.4 is 15.1 Å². The number of hydrogen-bond acceptors (Lipinski definition) is 9. The van der Waals surface area contributed by atoms with E-state index < -0.39 is 6.10 Å². The van der Waals surface area contributed by atoms with Crippen LogP contribution in [0.15, 0.2) is 83.1 Å². The lowest BCUT2D eigenvalue weighted by atomic mass is 9.76. The Hall–Kier alpha value is -4.71. The maximum atomic E-state index is 14.1. The molecule has 1 fully saturated rings. The number of hydrazone groups is 1. The molecule has 1 aromatic heterocycles. The molecule has 3 aromatic carbocycles. The molecule has 6 rings (SSSR count). The standard InChI is InChI=1S/C40H50N8O3S/c1-7-39(3,4)28-16-21-33(32(26-28)40(5,6)8-2)51-34(22-25-52-38-42-44-45-48(38)30-14-10-9-11-15-30)37(50)41-29-17-19-31(20-18-29)47-36(49)27-35(43-47)46-23-12-13-24-46/h9-11,14-21,26,34H,7-8,12-13,22-25,27H2,1-6H3,(H,41,50). The van der Waals surface area contributed by atoms with Crippen LogP contribution in [0.5, 0.6) is 5.75 Å². The third-order valence-electron chi connectivity index (χ3n) is 10.5. The van der Waals surface area contributed by atoms with Gasteiger partial charge >= 0.3 is 0 Å². The molecule has 3 heterocycles. The van der Waals surface area contributed by atoms with Crippen LogP contribution in [0.1, 0.15) is 91.2 Å². The van der Waals surface area contributed by atoms with Crippen molar-refractivity contribution in [3.05, 3.63) is 83.9 Å². The number of ether oxygens (including phenoxy) is 1. The van der Waals surface area contributed by atoms with Gasteiger partial charge in [0.2, 0.25) is 5.16 Å². The molecule has 2 amide bonds. The highest BCUT2D eigenvalue weighted by Crippen LogP contribution is 2.39. The number of amidine groups is 1. The van der Waals surface area contributed by atoms with Gasteiger partial charge in [0.25, 0.3) is 11.8 Å². The zero-order valence-electron chi connectivity index (χ0n) is 31.1. The average Bonchev–Trinajstić information content (AvgIpc) is 3.94. The number of para-hydroxylation sites is 1. The minimum atomic E-state index is -0.808. The number of carbonyl (C=O) groups excluding carboxylic acids is 2. The average molecular weight is 723 g/mol. The molecule has 0 bridgehead atoms. The Bertz CT molecular complexity index is 1880. The van der Waals surface area contributed by atoms with Crippen LogP contribution in [-0.2, 0) is 20.4 Å². The zero-order valence-corrected chi connectivity index (χ0v) is 31.9. The first kappa shape index (κ1) is 37.1. The van der Waals surface area contributed by atoms with Crippen molar-refractivity contribution in [2.75, 3.05) is 29.2 Å². The van der Waals surface area contributed by atoms with E-state index in [1.165, 1.54) is 22.3 Å². The third-order valence-corrected chi connectivity index (χ3v) is 11.4. The topological polar surface area (TPSA) is 118 Å². The normalized spacial score (nSPS) is 15.6. The first-order chi connectivity index (χ1) is 25.0.